The summed E-state index contributed by atoms with van der Waals surface area (Å²) in [5, 5.41) is 0. The van der Waals surface area contributed by atoms with Crippen LogP contribution in [0, 0.1) is 6.92 Å². The minimum atomic E-state index is 0.298. The second-order valence-corrected chi connectivity index (χ2v) is 5.39. The molecule has 1 aliphatic carbocycles. The van der Waals surface area contributed by atoms with Crippen LogP contribution in [0.3, 0.4) is 0 Å². The molecule has 1 aliphatic rings. The molecule has 1 saturated carbocycles. The van der Waals surface area contributed by atoms with Crippen LogP contribution in [0.4, 0.5) is 0 Å². The molecule has 0 aliphatic heterocycles. The van der Waals surface area contributed by atoms with Gasteiger partial charge in [0.05, 0.1) is 0 Å². The lowest BCUT2D eigenvalue weighted by Gasteiger charge is -2.42. The van der Waals surface area contributed by atoms with Crippen LogP contribution in [0.25, 0.3) is 0 Å². The lowest BCUT2D eigenvalue weighted by atomic mass is 9.64. The highest BCUT2D eigenvalue weighted by molar-refractivity contribution is 7.98. The van der Waals surface area contributed by atoms with Crippen LogP contribution in [0.15, 0.2) is 23.1 Å². The Bertz CT molecular complexity index is 350. The lowest BCUT2D eigenvalue weighted by Crippen LogP contribution is -2.41. The Morgan fingerprint density at radius 2 is 2.13 bits per heavy atom. The molecule has 2 rings (SSSR count). The smallest absolute Gasteiger partial charge is 0.0110 e. The van der Waals surface area contributed by atoms with Crippen LogP contribution in [-0.4, -0.2) is 12.8 Å². The number of nitrogens with two attached hydrogens (primary N) is 1. The first-order valence-electron chi connectivity index (χ1n) is 5.57. The van der Waals surface area contributed by atoms with E-state index in [1.807, 2.05) is 11.8 Å². The summed E-state index contributed by atoms with van der Waals surface area (Å²) in [6.45, 7) is 2.95. The Kier molecular flexibility index (Phi) is 3.08. The third-order valence-electron chi connectivity index (χ3n) is 3.63. The minimum absolute atomic E-state index is 0.298. The standard InChI is InChI=1S/C13H19NS/c1-10-4-5-11(12(8-10)15-2)13(9-14)6-3-7-13/h4-5,8H,3,6-7,9,14H2,1-2H3. The number of aryl methyl sites for hydroxylation is 1. The van der Waals surface area contributed by atoms with Crippen molar-refractivity contribution in [2.75, 3.05) is 12.8 Å². The zero-order valence-corrected chi connectivity index (χ0v) is 10.4. The molecular weight excluding hydrogens is 202 g/mol. The molecule has 15 heavy (non-hydrogen) atoms. The largest absolute Gasteiger partial charge is 0.330 e. The van der Waals surface area contributed by atoms with Crippen molar-refractivity contribution in [2.24, 2.45) is 5.73 Å². The van der Waals surface area contributed by atoms with E-state index in [0.29, 0.717) is 5.41 Å². The van der Waals surface area contributed by atoms with Crippen LogP contribution in [0.2, 0.25) is 0 Å². The van der Waals surface area contributed by atoms with Gasteiger partial charge >= 0.3 is 0 Å². The van der Waals surface area contributed by atoms with Gasteiger partial charge in [-0.3, -0.25) is 0 Å². The summed E-state index contributed by atoms with van der Waals surface area (Å²) in [5.74, 6) is 0. The Balaban J connectivity index is 2.42. The maximum absolute atomic E-state index is 5.95. The Morgan fingerprint density at radius 1 is 1.40 bits per heavy atom. The molecule has 0 radical (unpaired) electrons. The van der Waals surface area contributed by atoms with E-state index in [4.69, 9.17) is 5.73 Å². The van der Waals surface area contributed by atoms with Crippen molar-refractivity contribution in [3.63, 3.8) is 0 Å². The number of thioether (sulfide) groups is 1. The summed E-state index contributed by atoms with van der Waals surface area (Å²) in [6.07, 6.45) is 6.01. The summed E-state index contributed by atoms with van der Waals surface area (Å²) in [7, 11) is 0. The molecule has 0 heterocycles. The highest BCUT2D eigenvalue weighted by atomic mass is 32.2. The fourth-order valence-electron chi connectivity index (χ4n) is 2.42. The van der Waals surface area contributed by atoms with Crippen molar-refractivity contribution in [1.29, 1.82) is 0 Å². The van der Waals surface area contributed by atoms with Crippen molar-refractivity contribution in [3.05, 3.63) is 29.3 Å². The molecule has 2 N–H and O–H groups in total. The first kappa shape index (κ1) is 11.0. The van der Waals surface area contributed by atoms with Gasteiger partial charge in [0.25, 0.3) is 0 Å². The zero-order chi connectivity index (χ0) is 10.9. The Hall–Kier alpha value is -0.470. The van der Waals surface area contributed by atoms with Crippen LogP contribution in [0.1, 0.15) is 30.4 Å². The number of hydrogen-bond acceptors (Lipinski definition) is 2. The fourth-order valence-corrected chi connectivity index (χ4v) is 3.23. The molecule has 1 aromatic carbocycles. The highest BCUT2D eigenvalue weighted by Crippen LogP contribution is 2.46. The van der Waals surface area contributed by atoms with E-state index >= 15 is 0 Å². The molecule has 0 bridgehead atoms. The third-order valence-corrected chi connectivity index (χ3v) is 4.41. The second-order valence-electron chi connectivity index (χ2n) is 4.54. The van der Waals surface area contributed by atoms with Crippen LogP contribution < -0.4 is 5.73 Å². The Labute approximate surface area is 96.4 Å². The summed E-state index contributed by atoms with van der Waals surface area (Å²) in [4.78, 5) is 1.42. The second kappa shape index (κ2) is 4.18. The number of rotatable bonds is 3. The normalized spacial score (nSPS) is 18.6. The average Bonchev–Trinajstić information content (AvgIpc) is 2.19. The molecule has 0 spiro atoms. The molecule has 0 aromatic heterocycles. The van der Waals surface area contributed by atoms with Gasteiger partial charge in [0, 0.05) is 16.9 Å². The molecular formula is C13H19NS. The zero-order valence-electron chi connectivity index (χ0n) is 9.55. The summed E-state index contributed by atoms with van der Waals surface area (Å²) in [5.41, 5.74) is 9.07. The predicted octanol–water partition coefficient (Wildman–Crippen LogP) is 3.10. The van der Waals surface area contributed by atoms with Gasteiger partial charge < -0.3 is 5.73 Å². The molecule has 1 aromatic rings. The summed E-state index contributed by atoms with van der Waals surface area (Å²) < 4.78 is 0. The SMILES string of the molecule is CSc1cc(C)ccc1C1(CN)CCC1. The van der Waals surface area contributed by atoms with E-state index in [0.717, 1.165) is 6.54 Å². The Morgan fingerprint density at radius 3 is 2.60 bits per heavy atom. The van der Waals surface area contributed by atoms with E-state index in [1.165, 1.54) is 35.3 Å². The van der Waals surface area contributed by atoms with Gasteiger partial charge in [-0.1, -0.05) is 24.1 Å². The van der Waals surface area contributed by atoms with Crippen LogP contribution in [-0.2, 0) is 5.41 Å². The van der Waals surface area contributed by atoms with Crippen LogP contribution >= 0.6 is 11.8 Å². The summed E-state index contributed by atoms with van der Waals surface area (Å²) >= 11 is 1.85. The van der Waals surface area contributed by atoms with Gasteiger partial charge in [-0.15, -0.1) is 11.8 Å². The monoisotopic (exact) mass is 221 g/mol. The highest BCUT2D eigenvalue weighted by Gasteiger charge is 2.38. The van der Waals surface area contributed by atoms with Gasteiger partial charge in [0.15, 0.2) is 0 Å². The molecule has 2 heteroatoms. The van der Waals surface area contributed by atoms with E-state index in [9.17, 15) is 0 Å². The first-order valence-corrected chi connectivity index (χ1v) is 6.79. The topological polar surface area (TPSA) is 26.0 Å². The third kappa shape index (κ3) is 1.81. The molecule has 0 atom stereocenters. The summed E-state index contributed by atoms with van der Waals surface area (Å²) in [6, 6.07) is 6.79. The van der Waals surface area contributed by atoms with Crippen LogP contribution in [0.5, 0.6) is 0 Å². The van der Waals surface area contributed by atoms with Gasteiger partial charge in [0.1, 0.15) is 0 Å². The van der Waals surface area contributed by atoms with E-state index in [-0.39, 0.29) is 0 Å². The van der Waals surface area contributed by atoms with Crippen molar-refractivity contribution < 1.29 is 0 Å². The van der Waals surface area contributed by atoms with E-state index in [1.54, 1.807) is 0 Å². The number of hydrogen-bond donors (Lipinski definition) is 1. The van der Waals surface area contributed by atoms with Crippen molar-refractivity contribution >= 4 is 11.8 Å². The maximum Gasteiger partial charge on any atom is 0.0110 e. The van der Waals surface area contributed by atoms with Crippen molar-refractivity contribution in [3.8, 4) is 0 Å². The van der Waals surface area contributed by atoms with Gasteiger partial charge in [-0.2, -0.15) is 0 Å². The molecule has 1 fully saturated rings. The minimum Gasteiger partial charge on any atom is -0.330 e. The van der Waals surface area contributed by atoms with Crippen molar-refractivity contribution in [2.45, 2.75) is 36.5 Å². The lowest BCUT2D eigenvalue weighted by molar-refractivity contribution is 0.249. The quantitative estimate of drug-likeness (QED) is 0.794. The maximum atomic E-state index is 5.95. The number of benzene rings is 1. The van der Waals surface area contributed by atoms with Crippen molar-refractivity contribution in [1.82, 2.24) is 0 Å². The fraction of sp³-hybridized carbons (Fsp3) is 0.538. The predicted molar refractivity (Wildman–Crippen MR) is 67.5 cm³/mol. The van der Waals surface area contributed by atoms with Gasteiger partial charge in [0.2, 0.25) is 0 Å². The molecule has 82 valence electrons. The molecule has 0 unspecified atom stereocenters. The average molecular weight is 221 g/mol. The van der Waals surface area contributed by atoms with E-state index in [2.05, 4.69) is 31.4 Å². The molecule has 0 amide bonds. The van der Waals surface area contributed by atoms with Gasteiger partial charge in [-0.25, -0.2) is 0 Å². The van der Waals surface area contributed by atoms with Gasteiger partial charge in [-0.05, 0) is 37.7 Å². The molecule has 0 saturated heterocycles. The first-order chi connectivity index (χ1) is 7.22. The van der Waals surface area contributed by atoms with E-state index < -0.39 is 0 Å². The molecule has 1 nitrogen and oxygen atoms in total.